The summed E-state index contributed by atoms with van der Waals surface area (Å²) in [4.78, 5) is 0. The van der Waals surface area contributed by atoms with E-state index in [-0.39, 0.29) is 0 Å². The molecule has 2 aromatic carbocycles. The number of benzene rings is 2. The fraction of sp³-hybridized carbons (Fsp3) is 0.125. The molecule has 1 heteroatoms. The second kappa shape index (κ2) is 5.35. The molecular weight excluding hydrogens is 208 g/mol. The molecule has 0 aromatic heterocycles. The molecule has 0 fully saturated rings. The van der Waals surface area contributed by atoms with Crippen molar-refractivity contribution in [1.82, 2.24) is 0 Å². The second-order valence-electron chi connectivity index (χ2n) is 3.87. The highest BCUT2D eigenvalue weighted by molar-refractivity contribution is 5.80. The van der Waals surface area contributed by atoms with Crippen molar-refractivity contribution >= 4 is 5.57 Å². The van der Waals surface area contributed by atoms with Gasteiger partial charge in [-0.3, -0.25) is 0 Å². The zero-order valence-corrected chi connectivity index (χ0v) is 10.2. The van der Waals surface area contributed by atoms with Crippen LogP contribution in [-0.2, 0) is 4.74 Å². The summed E-state index contributed by atoms with van der Waals surface area (Å²) >= 11 is 0. The van der Waals surface area contributed by atoms with Crippen LogP contribution in [0.2, 0.25) is 0 Å². The van der Waals surface area contributed by atoms with Gasteiger partial charge in [-0.25, -0.2) is 0 Å². The van der Waals surface area contributed by atoms with Crippen LogP contribution < -0.4 is 0 Å². The minimum atomic E-state index is 0.933. The van der Waals surface area contributed by atoms with Crippen LogP contribution in [0.15, 0.2) is 66.4 Å². The van der Waals surface area contributed by atoms with Crippen LogP contribution in [0.5, 0.6) is 0 Å². The first-order valence-corrected chi connectivity index (χ1v) is 5.68. The quantitative estimate of drug-likeness (QED) is 0.713. The fourth-order valence-electron chi connectivity index (χ4n) is 1.88. The lowest BCUT2D eigenvalue weighted by Gasteiger charge is -2.12. The predicted molar refractivity (Wildman–Crippen MR) is 71.6 cm³/mol. The Morgan fingerprint density at radius 3 is 1.53 bits per heavy atom. The summed E-state index contributed by atoms with van der Waals surface area (Å²) in [6, 6.07) is 20.6. The first kappa shape index (κ1) is 11.5. The summed E-state index contributed by atoms with van der Waals surface area (Å²) < 4.78 is 5.40. The van der Waals surface area contributed by atoms with Crippen molar-refractivity contribution in [3.8, 4) is 0 Å². The summed E-state index contributed by atoms with van der Waals surface area (Å²) in [6.07, 6.45) is 0. The maximum Gasteiger partial charge on any atom is 0.101 e. The van der Waals surface area contributed by atoms with E-state index >= 15 is 0 Å². The van der Waals surface area contributed by atoms with Crippen LogP contribution in [0.4, 0.5) is 0 Å². The van der Waals surface area contributed by atoms with E-state index in [4.69, 9.17) is 4.74 Å². The Hall–Kier alpha value is -2.02. The zero-order chi connectivity index (χ0) is 12.1. The molecule has 17 heavy (non-hydrogen) atoms. The molecule has 86 valence electrons. The lowest BCUT2D eigenvalue weighted by atomic mass is 9.97. The molecule has 0 unspecified atom stereocenters. The average Bonchev–Trinajstić information content (AvgIpc) is 2.41. The van der Waals surface area contributed by atoms with Crippen LogP contribution in [0.25, 0.3) is 5.57 Å². The normalized spacial score (nSPS) is 9.76. The number of hydrogen-bond donors (Lipinski definition) is 0. The standard InChI is InChI=1S/C16H16O/c1-13(17-2)16(14-9-5-3-6-10-14)15-11-7-4-8-12-15/h3-12H,1-2H3. The summed E-state index contributed by atoms with van der Waals surface area (Å²) in [5.41, 5.74) is 3.50. The zero-order valence-electron chi connectivity index (χ0n) is 10.2. The first-order chi connectivity index (χ1) is 8.33. The van der Waals surface area contributed by atoms with E-state index in [2.05, 4.69) is 24.3 Å². The minimum Gasteiger partial charge on any atom is -0.501 e. The molecule has 0 spiro atoms. The van der Waals surface area contributed by atoms with Crippen molar-refractivity contribution in [2.45, 2.75) is 6.92 Å². The highest BCUT2D eigenvalue weighted by atomic mass is 16.5. The van der Waals surface area contributed by atoms with Gasteiger partial charge in [0.15, 0.2) is 0 Å². The van der Waals surface area contributed by atoms with Crippen molar-refractivity contribution in [2.24, 2.45) is 0 Å². The van der Waals surface area contributed by atoms with E-state index < -0.39 is 0 Å². The maximum atomic E-state index is 5.40. The van der Waals surface area contributed by atoms with Crippen molar-refractivity contribution in [2.75, 3.05) is 7.11 Å². The van der Waals surface area contributed by atoms with E-state index in [0.29, 0.717) is 0 Å². The van der Waals surface area contributed by atoms with Crippen LogP contribution >= 0.6 is 0 Å². The Morgan fingerprint density at radius 1 is 0.765 bits per heavy atom. The molecule has 0 aliphatic carbocycles. The SMILES string of the molecule is COC(C)=C(c1ccccc1)c1ccccc1. The Morgan fingerprint density at radius 2 is 1.18 bits per heavy atom. The van der Waals surface area contributed by atoms with E-state index in [1.54, 1.807) is 7.11 Å². The van der Waals surface area contributed by atoms with Gasteiger partial charge in [-0.05, 0) is 18.1 Å². The van der Waals surface area contributed by atoms with Crippen molar-refractivity contribution in [1.29, 1.82) is 0 Å². The molecule has 1 nitrogen and oxygen atoms in total. The first-order valence-electron chi connectivity index (χ1n) is 5.68. The number of methoxy groups -OCH3 is 1. The van der Waals surface area contributed by atoms with Gasteiger partial charge in [-0.15, -0.1) is 0 Å². The Labute approximate surface area is 102 Å². The summed E-state index contributed by atoms with van der Waals surface area (Å²) in [7, 11) is 1.71. The predicted octanol–water partition coefficient (Wildman–Crippen LogP) is 4.11. The van der Waals surface area contributed by atoms with Gasteiger partial charge in [0, 0.05) is 5.57 Å². The van der Waals surface area contributed by atoms with E-state index in [1.807, 2.05) is 43.3 Å². The van der Waals surface area contributed by atoms with Gasteiger partial charge in [-0.2, -0.15) is 0 Å². The molecule has 0 bridgehead atoms. The average molecular weight is 224 g/mol. The van der Waals surface area contributed by atoms with E-state index in [9.17, 15) is 0 Å². The molecule has 0 aliphatic heterocycles. The van der Waals surface area contributed by atoms with Crippen LogP contribution in [-0.4, -0.2) is 7.11 Å². The molecule has 0 atom stereocenters. The van der Waals surface area contributed by atoms with Gasteiger partial charge in [0.2, 0.25) is 0 Å². The Kier molecular flexibility index (Phi) is 3.61. The Balaban J connectivity index is 2.56. The topological polar surface area (TPSA) is 9.23 Å². The number of allylic oxidation sites excluding steroid dienone is 1. The van der Waals surface area contributed by atoms with Crippen LogP contribution in [0.3, 0.4) is 0 Å². The second-order valence-corrected chi connectivity index (χ2v) is 3.87. The van der Waals surface area contributed by atoms with Gasteiger partial charge in [0.25, 0.3) is 0 Å². The largest absolute Gasteiger partial charge is 0.501 e. The molecule has 0 heterocycles. The van der Waals surface area contributed by atoms with Crippen molar-refractivity contribution in [3.05, 3.63) is 77.5 Å². The summed E-state index contributed by atoms with van der Waals surface area (Å²) in [6.45, 7) is 2.00. The maximum absolute atomic E-state index is 5.40. The summed E-state index contributed by atoms with van der Waals surface area (Å²) in [5.74, 6) is 0.933. The monoisotopic (exact) mass is 224 g/mol. The Bertz CT molecular complexity index is 456. The van der Waals surface area contributed by atoms with E-state index in [0.717, 1.165) is 11.3 Å². The number of hydrogen-bond acceptors (Lipinski definition) is 1. The third kappa shape index (κ3) is 2.56. The number of rotatable bonds is 3. The molecule has 0 saturated heterocycles. The molecule has 0 amide bonds. The number of ether oxygens (including phenoxy) is 1. The fourth-order valence-corrected chi connectivity index (χ4v) is 1.88. The molecule has 2 rings (SSSR count). The lowest BCUT2D eigenvalue weighted by molar-refractivity contribution is 0.296. The molecule has 0 N–H and O–H groups in total. The highest BCUT2D eigenvalue weighted by Crippen LogP contribution is 2.26. The third-order valence-electron chi connectivity index (χ3n) is 2.78. The van der Waals surface area contributed by atoms with Crippen LogP contribution in [0, 0.1) is 0 Å². The molecular formula is C16H16O. The van der Waals surface area contributed by atoms with Gasteiger partial charge < -0.3 is 4.74 Å². The lowest BCUT2D eigenvalue weighted by Crippen LogP contribution is -1.93. The third-order valence-corrected chi connectivity index (χ3v) is 2.78. The smallest absolute Gasteiger partial charge is 0.101 e. The molecule has 0 saturated carbocycles. The molecule has 2 aromatic rings. The molecule has 0 aliphatic rings. The van der Waals surface area contributed by atoms with Gasteiger partial charge >= 0.3 is 0 Å². The van der Waals surface area contributed by atoms with Gasteiger partial charge in [-0.1, -0.05) is 60.7 Å². The van der Waals surface area contributed by atoms with Crippen molar-refractivity contribution < 1.29 is 4.74 Å². The van der Waals surface area contributed by atoms with E-state index in [1.165, 1.54) is 11.1 Å². The van der Waals surface area contributed by atoms with Crippen molar-refractivity contribution in [3.63, 3.8) is 0 Å². The van der Waals surface area contributed by atoms with Gasteiger partial charge in [0.05, 0.1) is 7.11 Å². The minimum absolute atomic E-state index is 0.933. The van der Waals surface area contributed by atoms with Crippen LogP contribution in [0.1, 0.15) is 18.1 Å². The summed E-state index contributed by atoms with van der Waals surface area (Å²) in [5, 5.41) is 0. The molecule has 0 radical (unpaired) electrons. The highest BCUT2D eigenvalue weighted by Gasteiger charge is 2.08. The van der Waals surface area contributed by atoms with Gasteiger partial charge in [0.1, 0.15) is 5.76 Å².